The van der Waals surface area contributed by atoms with Gasteiger partial charge < -0.3 is 9.64 Å². The number of aromatic nitrogens is 3. The first-order valence-corrected chi connectivity index (χ1v) is 9.40. The molecule has 1 aliphatic heterocycles. The molecule has 3 aromatic rings. The lowest BCUT2D eigenvalue weighted by Crippen LogP contribution is -2.41. The number of piperidine rings is 1. The summed E-state index contributed by atoms with van der Waals surface area (Å²) in [4.78, 5) is 23.4. The second-order valence-electron chi connectivity index (χ2n) is 6.78. The summed E-state index contributed by atoms with van der Waals surface area (Å²) in [5.74, 6) is 0.261. The molecule has 1 saturated heterocycles. The highest BCUT2D eigenvalue weighted by atomic mass is 35.5. The van der Waals surface area contributed by atoms with Crippen molar-refractivity contribution >= 4 is 23.2 Å². The van der Waals surface area contributed by atoms with Crippen molar-refractivity contribution in [3.05, 3.63) is 53.4 Å². The van der Waals surface area contributed by atoms with Crippen LogP contribution in [0.15, 0.2) is 42.7 Å². The fourth-order valence-electron chi connectivity index (χ4n) is 3.63. The molecule has 0 aliphatic carbocycles. The number of imidazole rings is 1. The molecule has 0 saturated carbocycles. The molecule has 0 radical (unpaired) electrons. The summed E-state index contributed by atoms with van der Waals surface area (Å²) in [6.45, 7) is 1.59. The van der Waals surface area contributed by atoms with Gasteiger partial charge in [-0.1, -0.05) is 17.7 Å². The van der Waals surface area contributed by atoms with Gasteiger partial charge >= 0.3 is 0 Å². The van der Waals surface area contributed by atoms with Crippen LogP contribution in [-0.4, -0.2) is 52.0 Å². The van der Waals surface area contributed by atoms with E-state index in [9.17, 15) is 4.79 Å². The summed E-state index contributed by atoms with van der Waals surface area (Å²) in [5, 5.41) is 0.650. The highest BCUT2D eigenvalue weighted by molar-refractivity contribution is 6.30. The van der Waals surface area contributed by atoms with Gasteiger partial charge in [-0.15, -0.1) is 0 Å². The topological polar surface area (TPSA) is 59.7 Å². The van der Waals surface area contributed by atoms with Gasteiger partial charge in [0.15, 0.2) is 0 Å². The van der Waals surface area contributed by atoms with Gasteiger partial charge in [0.2, 0.25) is 5.91 Å². The number of carbonyl (C=O) groups excluding carboxylic acids is 1. The Bertz CT molecular complexity index is 972. The second-order valence-corrected chi connectivity index (χ2v) is 7.22. The molecule has 140 valence electrons. The molecule has 1 aliphatic rings. The van der Waals surface area contributed by atoms with E-state index < -0.39 is 0 Å². The van der Waals surface area contributed by atoms with Crippen LogP contribution in [0.3, 0.4) is 0 Å². The molecule has 6 nitrogen and oxygen atoms in total. The summed E-state index contributed by atoms with van der Waals surface area (Å²) >= 11 is 6.14. The number of fused-ring (bicyclic) bond motifs is 1. The average molecular weight is 385 g/mol. The zero-order valence-corrected chi connectivity index (χ0v) is 15.9. The van der Waals surface area contributed by atoms with Gasteiger partial charge in [0, 0.05) is 38.0 Å². The molecule has 1 amide bonds. The van der Waals surface area contributed by atoms with Crippen LogP contribution in [0.25, 0.3) is 17.0 Å². The minimum Gasteiger partial charge on any atom is -0.375 e. The number of methoxy groups -OCH3 is 1. The summed E-state index contributed by atoms with van der Waals surface area (Å²) in [6.07, 6.45) is 5.65. The minimum absolute atomic E-state index is 0.0368. The van der Waals surface area contributed by atoms with Crippen LogP contribution < -0.4 is 0 Å². The number of carbonyl (C=O) groups is 1. The summed E-state index contributed by atoms with van der Waals surface area (Å²) < 4.78 is 6.94. The number of ether oxygens (including phenoxy) is 1. The van der Waals surface area contributed by atoms with Gasteiger partial charge in [-0.2, -0.15) is 0 Å². The number of rotatable bonds is 4. The fourth-order valence-corrected chi connectivity index (χ4v) is 3.79. The molecule has 4 rings (SSSR count). The van der Waals surface area contributed by atoms with Gasteiger partial charge in [0.25, 0.3) is 0 Å². The zero-order chi connectivity index (χ0) is 18.8. The first-order chi connectivity index (χ1) is 13.2. The standard InChI is InChI=1S/C20H21ClN4O2/c1-27-13-20(26)24-9-3-4-14(11-24)16-5-2-6-17(23-16)18-10-22-19-8-7-15(21)12-25(18)19/h2,5-8,10,12,14H,3-4,9,11,13H2,1H3/t14-/m1/s1. The lowest BCUT2D eigenvalue weighted by molar-refractivity contribution is -0.136. The third-order valence-corrected chi connectivity index (χ3v) is 5.19. The van der Waals surface area contributed by atoms with Crippen LogP contribution in [0, 0.1) is 0 Å². The molecule has 0 spiro atoms. The molecular weight excluding hydrogens is 364 g/mol. The van der Waals surface area contributed by atoms with E-state index in [4.69, 9.17) is 21.3 Å². The Balaban J connectivity index is 1.62. The third kappa shape index (κ3) is 3.68. The van der Waals surface area contributed by atoms with Crippen molar-refractivity contribution in [1.82, 2.24) is 19.3 Å². The van der Waals surface area contributed by atoms with Crippen molar-refractivity contribution in [2.24, 2.45) is 0 Å². The zero-order valence-electron chi connectivity index (χ0n) is 15.1. The number of nitrogens with zero attached hydrogens (tertiary/aromatic N) is 4. The SMILES string of the molecule is COCC(=O)N1CCC[C@@H](c2cccc(-c3cnc4ccc(Cl)cn34)n2)C1. The van der Waals surface area contributed by atoms with Gasteiger partial charge in [-0.3, -0.25) is 14.2 Å². The van der Waals surface area contributed by atoms with Crippen molar-refractivity contribution in [3.8, 4) is 11.4 Å². The normalized spacial score (nSPS) is 17.4. The quantitative estimate of drug-likeness (QED) is 0.691. The molecule has 4 heterocycles. The van der Waals surface area contributed by atoms with Crippen molar-refractivity contribution < 1.29 is 9.53 Å². The average Bonchev–Trinajstić information content (AvgIpc) is 3.11. The molecule has 0 N–H and O–H groups in total. The molecule has 7 heteroatoms. The first-order valence-electron chi connectivity index (χ1n) is 9.02. The summed E-state index contributed by atoms with van der Waals surface area (Å²) in [6, 6.07) is 9.73. The maximum atomic E-state index is 12.2. The smallest absolute Gasteiger partial charge is 0.248 e. The highest BCUT2D eigenvalue weighted by Gasteiger charge is 2.25. The predicted molar refractivity (Wildman–Crippen MR) is 104 cm³/mol. The monoisotopic (exact) mass is 384 g/mol. The second kappa shape index (κ2) is 7.66. The molecule has 3 aromatic heterocycles. The molecular formula is C20H21ClN4O2. The number of amides is 1. The fraction of sp³-hybridized carbons (Fsp3) is 0.350. The molecule has 1 atom stereocenters. The number of hydrogen-bond donors (Lipinski definition) is 0. The summed E-state index contributed by atoms with van der Waals surface area (Å²) in [7, 11) is 1.55. The molecule has 0 unspecified atom stereocenters. The van der Waals surface area contributed by atoms with E-state index in [-0.39, 0.29) is 18.4 Å². The van der Waals surface area contributed by atoms with Gasteiger partial charge in [-0.05, 0) is 37.1 Å². The van der Waals surface area contributed by atoms with E-state index in [0.717, 1.165) is 42.1 Å². The van der Waals surface area contributed by atoms with Crippen LogP contribution in [0.2, 0.25) is 5.02 Å². The number of likely N-dealkylation sites (tertiary alicyclic amines) is 1. The van der Waals surface area contributed by atoms with E-state index in [1.165, 1.54) is 0 Å². The maximum Gasteiger partial charge on any atom is 0.248 e. The number of halogens is 1. The third-order valence-electron chi connectivity index (χ3n) is 4.96. The highest BCUT2D eigenvalue weighted by Crippen LogP contribution is 2.28. The van der Waals surface area contributed by atoms with Crippen molar-refractivity contribution in [3.63, 3.8) is 0 Å². The number of pyridine rings is 2. The predicted octanol–water partition coefficient (Wildman–Crippen LogP) is 3.40. The molecule has 0 bridgehead atoms. The van der Waals surface area contributed by atoms with Crippen LogP contribution in [0.4, 0.5) is 0 Å². The van der Waals surface area contributed by atoms with E-state index in [0.29, 0.717) is 11.6 Å². The van der Waals surface area contributed by atoms with Crippen molar-refractivity contribution in [1.29, 1.82) is 0 Å². The Morgan fingerprint density at radius 2 is 2.22 bits per heavy atom. The Morgan fingerprint density at radius 1 is 1.33 bits per heavy atom. The Labute approximate surface area is 162 Å². The van der Waals surface area contributed by atoms with Gasteiger partial charge in [-0.25, -0.2) is 4.98 Å². The van der Waals surface area contributed by atoms with E-state index in [1.807, 2.05) is 52.0 Å². The van der Waals surface area contributed by atoms with E-state index in [2.05, 4.69) is 4.98 Å². The minimum atomic E-state index is 0.0368. The Kier molecular flexibility index (Phi) is 5.09. The lowest BCUT2D eigenvalue weighted by Gasteiger charge is -2.32. The van der Waals surface area contributed by atoms with Crippen LogP contribution in [0.5, 0.6) is 0 Å². The van der Waals surface area contributed by atoms with Crippen LogP contribution >= 0.6 is 11.6 Å². The Morgan fingerprint density at radius 3 is 3.07 bits per heavy atom. The summed E-state index contributed by atoms with van der Waals surface area (Å²) in [5.41, 5.74) is 3.58. The van der Waals surface area contributed by atoms with E-state index in [1.54, 1.807) is 7.11 Å². The van der Waals surface area contributed by atoms with Gasteiger partial charge in [0.1, 0.15) is 12.3 Å². The largest absolute Gasteiger partial charge is 0.375 e. The molecule has 1 fully saturated rings. The van der Waals surface area contributed by atoms with Gasteiger partial charge in [0.05, 0.1) is 22.6 Å². The van der Waals surface area contributed by atoms with E-state index >= 15 is 0 Å². The molecule has 27 heavy (non-hydrogen) atoms. The van der Waals surface area contributed by atoms with Crippen molar-refractivity contribution in [2.75, 3.05) is 26.8 Å². The van der Waals surface area contributed by atoms with Crippen LogP contribution in [0.1, 0.15) is 24.5 Å². The Hall–Kier alpha value is -2.44. The van der Waals surface area contributed by atoms with Crippen molar-refractivity contribution in [2.45, 2.75) is 18.8 Å². The maximum absolute atomic E-state index is 12.2. The lowest BCUT2D eigenvalue weighted by atomic mass is 9.94. The first kappa shape index (κ1) is 17.9. The molecule has 0 aromatic carbocycles. The van der Waals surface area contributed by atoms with Crippen LogP contribution in [-0.2, 0) is 9.53 Å². The number of hydrogen-bond acceptors (Lipinski definition) is 4.